The minimum absolute atomic E-state index is 0.0195. The van der Waals surface area contributed by atoms with Crippen LogP contribution in [-0.2, 0) is 11.3 Å². The predicted octanol–water partition coefficient (Wildman–Crippen LogP) is 2.67. The van der Waals surface area contributed by atoms with Crippen LogP contribution in [-0.4, -0.2) is 39.9 Å². The third-order valence-corrected chi connectivity index (χ3v) is 4.93. The molecular formula is C20H26N4O3. The highest BCUT2D eigenvalue weighted by molar-refractivity contribution is 5.95. The van der Waals surface area contributed by atoms with Crippen LogP contribution in [0.25, 0.3) is 0 Å². The number of hydrogen-bond donors (Lipinski definition) is 1. The van der Waals surface area contributed by atoms with E-state index in [0.29, 0.717) is 37.6 Å². The molecule has 2 aromatic rings. The maximum Gasteiger partial charge on any atom is 0.254 e. The van der Waals surface area contributed by atoms with E-state index in [0.717, 1.165) is 11.1 Å². The van der Waals surface area contributed by atoms with Gasteiger partial charge in [-0.2, -0.15) is 4.98 Å². The van der Waals surface area contributed by atoms with Crippen molar-refractivity contribution in [1.82, 2.24) is 20.4 Å². The lowest BCUT2D eigenvalue weighted by Crippen LogP contribution is -2.43. The molecule has 0 bridgehead atoms. The summed E-state index contributed by atoms with van der Waals surface area (Å²) in [5.74, 6) is 1.15. The molecule has 0 saturated carbocycles. The van der Waals surface area contributed by atoms with Crippen molar-refractivity contribution in [1.29, 1.82) is 0 Å². The molecule has 1 aromatic carbocycles. The monoisotopic (exact) mass is 370 g/mol. The minimum Gasteiger partial charge on any atom is -0.348 e. The largest absolute Gasteiger partial charge is 0.348 e. The quantitative estimate of drug-likeness (QED) is 0.874. The number of benzene rings is 1. The fourth-order valence-corrected chi connectivity index (χ4v) is 3.21. The molecule has 1 aliphatic rings. The Hall–Kier alpha value is -2.70. The fourth-order valence-electron chi connectivity index (χ4n) is 3.21. The number of carbonyl (C=O) groups is 2. The van der Waals surface area contributed by atoms with Crippen LogP contribution in [0, 0.1) is 12.8 Å². The lowest BCUT2D eigenvalue weighted by Gasteiger charge is -2.31. The van der Waals surface area contributed by atoms with Crippen LogP contribution in [0.1, 0.15) is 60.2 Å². The van der Waals surface area contributed by atoms with E-state index in [1.807, 2.05) is 49.9 Å². The van der Waals surface area contributed by atoms with Crippen LogP contribution >= 0.6 is 0 Å². The van der Waals surface area contributed by atoms with Gasteiger partial charge in [0.1, 0.15) is 0 Å². The number of amides is 2. The van der Waals surface area contributed by atoms with Crippen molar-refractivity contribution in [2.45, 2.75) is 46.1 Å². The second-order valence-electron chi connectivity index (χ2n) is 7.30. The highest BCUT2D eigenvalue weighted by Crippen LogP contribution is 2.20. The third kappa shape index (κ3) is 4.53. The number of carbonyl (C=O) groups excluding carboxylic acids is 2. The van der Waals surface area contributed by atoms with Gasteiger partial charge in [-0.1, -0.05) is 37.2 Å². The Morgan fingerprint density at radius 2 is 1.96 bits per heavy atom. The molecule has 1 N–H and O–H groups in total. The first kappa shape index (κ1) is 19.1. The summed E-state index contributed by atoms with van der Waals surface area (Å²) in [6.07, 6.45) is 1.32. The van der Waals surface area contributed by atoms with Gasteiger partial charge in [0.25, 0.3) is 5.91 Å². The molecule has 0 aliphatic carbocycles. The summed E-state index contributed by atoms with van der Waals surface area (Å²) in [4.78, 5) is 31.2. The van der Waals surface area contributed by atoms with Gasteiger partial charge in [0.05, 0.1) is 6.54 Å². The van der Waals surface area contributed by atoms with E-state index in [9.17, 15) is 9.59 Å². The number of likely N-dealkylation sites (tertiary alicyclic amines) is 1. The molecule has 0 radical (unpaired) electrons. The zero-order chi connectivity index (χ0) is 19.4. The molecule has 0 atom stereocenters. The summed E-state index contributed by atoms with van der Waals surface area (Å²) in [7, 11) is 0. The van der Waals surface area contributed by atoms with E-state index >= 15 is 0 Å². The van der Waals surface area contributed by atoms with E-state index in [-0.39, 0.29) is 30.2 Å². The normalized spacial score (nSPS) is 15.2. The average molecular weight is 370 g/mol. The number of rotatable bonds is 5. The van der Waals surface area contributed by atoms with E-state index in [4.69, 9.17) is 4.52 Å². The molecule has 144 valence electrons. The Morgan fingerprint density at radius 3 is 2.59 bits per heavy atom. The third-order valence-electron chi connectivity index (χ3n) is 4.93. The van der Waals surface area contributed by atoms with Crippen molar-refractivity contribution in [3.05, 3.63) is 47.1 Å². The van der Waals surface area contributed by atoms with Gasteiger partial charge in [0.15, 0.2) is 5.82 Å². The molecular weight excluding hydrogens is 344 g/mol. The zero-order valence-electron chi connectivity index (χ0n) is 16.1. The summed E-state index contributed by atoms with van der Waals surface area (Å²) in [6, 6.07) is 7.60. The highest BCUT2D eigenvalue weighted by Gasteiger charge is 2.28. The number of nitrogens with one attached hydrogen (secondary N) is 1. The Labute approximate surface area is 159 Å². The number of nitrogens with zero attached hydrogens (tertiary/aromatic N) is 3. The van der Waals surface area contributed by atoms with Crippen LogP contribution in [0.4, 0.5) is 0 Å². The van der Waals surface area contributed by atoms with Crippen molar-refractivity contribution in [2.24, 2.45) is 5.92 Å². The molecule has 3 rings (SSSR count). The van der Waals surface area contributed by atoms with Crippen molar-refractivity contribution in [3.63, 3.8) is 0 Å². The van der Waals surface area contributed by atoms with Gasteiger partial charge in [-0.05, 0) is 31.4 Å². The second kappa shape index (κ2) is 8.33. The first-order valence-corrected chi connectivity index (χ1v) is 9.40. The van der Waals surface area contributed by atoms with Crippen molar-refractivity contribution in [3.8, 4) is 0 Å². The zero-order valence-corrected chi connectivity index (χ0v) is 16.1. The number of aromatic nitrogens is 2. The predicted molar refractivity (Wildman–Crippen MR) is 100 cm³/mol. The lowest BCUT2D eigenvalue weighted by molar-refractivity contribution is -0.126. The van der Waals surface area contributed by atoms with Crippen molar-refractivity contribution >= 4 is 11.8 Å². The second-order valence-corrected chi connectivity index (χ2v) is 7.30. The van der Waals surface area contributed by atoms with Crippen molar-refractivity contribution in [2.75, 3.05) is 13.1 Å². The molecule has 7 nitrogen and oxygen atoms in total. The number of hydrogen-bond acceptors (Lipinski definition) is 5. The summed E-state index contributed by atoms with van der Waals surface area (Å²) in [6.45, 7) is 7.33. The van der Waals surface area contributed by atoms with Gasteiger partial charge in [-0.3, -0.25) is 9.59 Å². The molecule has 0 spiro atoms. The summed E-state index contributed by atoms with van der Waals surface area (Å²) >= 11 is 0. The highest BCUT2D eigenvalue weighted by atomic mass is 16.5. The Morgan fingerprint density at radius 1 is 1.26 bits per heavy atom. The summed E-state index contributed by atoms with van der Waals surface area (Å²) in [5.41, 5.74) is 1.71. The minimum atomic E-state index is -0.0950. The smallest absolute Gasteiger partial charge is 0.254 e. The lowest BCUT2D eigenvalue weighted by atomic mass is 9.95. The standard InChI is InChI=1S/C20H26N4O3/c1-13(2)19-22-17(23-27-19)12-21-18(25)15-8-10-24(11-9-15)20(26)16-7-5-4-6-14(16)3/h4-7,13,15H,8-12H2,1-3H3,(H,21,25). The Balaban J connectivity index is 1.49. The fraction of sp³-hybridized carbons (Fsp3) is 0.500. The van der Waals surface area contributed by atoms with E-state index < -0.39 is 0 Å². The van der Waals surface area contributed by atoms with Gasteiger partial charge < -0.3 is 14.7 Å². The molecule has 1 fully saturated rings. The first-order chi connectivity index (χ1) is 13.0. The SMILES string of the molecule is Cc1ccccc1C(=O)N1CCC(C(=O)NCc2noc(C(C)C)n2)CC1. The molecule has 1 aromatic heterocycles. The molecule has 1 aliphatic heterocycles. The van der Waals surface area contributed by atoms with Crippen molar-refractivity contribution < 1.29 is 14.1 Å². The Kier molecular flexibility index (Phi) is 5.88. The molecule has 2 amide bonds. The Bertz CT molecular complexity index is 807. The number of aryl methyl sites for hydroxylation is 1. The van der Waals surface area contributed by atoms with Gasteiger partial charge in [-0.15, -0.1) is 0 Å². The number of piperidine rings is 1. The van der Waals surface area contributed by atoms with E-state index in [1.165, 1.54) is 0 Å². The summed E-state index contributed by atoms with van der Waals surface area (Å²) in [5, 5.41) is 6.76. The molecule has 1 saturated heterocycles. The molecule has 27 heavy (non-hydrogen) atoms. The molecule has 2 heterocycles. The van der Waals surface area contributed by atoms with Gasteiger partial charge in [0.2, 0.25) is 11.8 Å². The maximum atomic E-state index is 12.7. The van der Waals surface area contributed by atoms with Gasteiger partial charge in [0, 0.05) is 30.5 Å². The summed E-state index contributed by atoms with van der Waals surface area (Å²) < 4.78 is 5.14. The van der Waals surface area contributed by atoms with Gasteiger partial charge in [-0.25, -0.2) is 0 Å². The maximum absolute atomic E-state index is 12.7. The van der Waals surface area contributed by atoms with Crippen LogP contribution in [0.3, 0.4) is 0 Å². The molecule has 0 unspecified atom stereocenters. The topological polar surface area (TPSA) is 88.3 Å². The van der Waals surface area contributed by atoms with E-state index in [2.05, 4.69) is 15.5 Å². The van der Waals surface area contributed by atoms with Crippen LogP contribution < -0.4 is 5.32 Å². The molecule has 7 heteroatoms. The van der Waals surface area contributed by atoms with Gasteiger partial charge >= 0.3 is 0 Å². The van der Waals surface area contributed by atoms with Crippen LogP contribution in [0.2, 0.25) is 0 Å². The van der Waals surface area contributed by atoms with E-state index in [1.54, 1.807) is 0 Å². The first-order valence-electron chi connectivity index (χ1n) is 9.40. The van der Waals surface area contributed by atoms with Crippen LogP contribution in [0.5, 0.6) is 0 Å². The van der Waals surface area contributed by atoms with Crippen LogP contribution in [0.15, 0.2) is 28.8 Å². The average Bonchev–Trinajstić information content (AvgIpc) is 3.15.